The van der Waals surface area contributed by atoms with Crippen molar-refractivity contribution in [3.8, 4) is 0 Å². The molecule has 1 nitrogen and oxygen atoms in total. The predicted molar refractivity (Wildman–Crippen MR) is 94.3 cm³/mol. The Hall–Kier alpha value is -1.93. The SMILES string of the molecule is CC1=CC([S+](c2ccccc2)c2ccccc2)CC(C)=C1O. The number of rotatable bonds is 3. The topological polar surface area (TPSA) is 20.2 Å². The van der Waals surface area contributed by atoms with E-state index in [-0.39, 0.29) is 10.9 Å². The molecular weight excluding hydrogens is 288 g/mol. The van der Waals surface area contributed by atoms with Crippen LogP contribution in [0.3, 0.4) is 0 Å². The first-order chi connectivity index (χ1) is 10.7. The zero-order valence-corrected chi connectivity index (χ0v) is 13.8. The van der Waals surface area contributed by atoms with E-state index >= 15 is 0 Å². The summed E-state index contributed by atoms with van der Waals surface area (Å²) in [6, 6.07) is 21.4. The van der Waals surface area contributed by atoms with Gasteiger partial charge in [-0.1, -0.05) is 36.4 Å². The number of hydrogen-bond donors (Lipinski definition) is 1. The molecule has 0 heterocycles. The van der Waals surface area contributed by atoms with Crippen molar-refractivity contribution in [3.05, 3.63) is 83.6 Å². The molecule has 0 saturated heterocycles. The van der Waals surface area contributed by atoms with Crippen LogP contribution in [-0.4, -0.2) is 10.4 Å². The second-order valence-electron chi connectivity index (χ2n) is 5.69. The van der Waals surface area contributed by atoms with E-state index in [1.54, 1.807) is 0 Å². The predicted octanol–water partition coefficient (Wildman–Crippen LogP) is 5.27. The van der Waals surface area contributed by atoms with Crippen molar-refractivity contribution in [2.24, 2.45) is 0 Å². The lowest BCUT2D eigenvalue weighted by Crippen LogP contribution is -2.24. The molecule has 1 atom stereocenters. The minimum Gasteiger partial charge on any atom is -0.508 e. The molecule has 1 aliphatic rings. The standard InChI is InChI=1S/C20H20OS/c1-15-13-19(14-16(2)20(15)21)22(17-9-5-3-6-10-17)18-11-7-4-8-12-18/h3-13,19H,14H2,1-2H3/p+1. The van der Waals surface area contributed by atoms with E-state index in [9.17, 15) is 5.11 Å². The summed E-state index contributed by atoms with van der Waals surface area (Å²) in [5.74, 6) is 0.473. The Labute approximate surface area is 135 Å². The van der Waals surface area contributed by atoms with Crippen molar-refractivity contribution in [2.75, 3.05) is 0 Å². The van der Waals surface area contributed by atoms with Crippen molar-refractivity contribution < 1.29 is 5.11 Å². The molecular formula is C20H21OS+. The molecule has 0 aliphatic heterocycles. The van der Waals surface area contributed by atoms with Crippen LogP contribution in [0.4, 0.5) is 0 Å². The maximum atomic E-state index is 10.1. The Balaban J connectivity index is 2.05. The average Bonchev–Trinajstić information content (AvgIpc) is 2.55. The lowest BCUT2D eigenvalue weighted by Gasteiger charge is -2.22. The minimum atomic E-state index is -0.0157. The van der Waals surface area contributed by atoms with Crippen molar-refractivity contribution in [2.45, 2.75) is 35.3 Å². The molecule has 0 aromatic heterocycles. The number of aliphatic hydroxyl groups excluding tert-OH is 1. The van der Waals surface area contributed by atoms with Crippen molar-refractivity contribution in [1.82, 2.24) is 0 Å². The monoisotopic (exact) mass is 309 g/mol. The first-order valence-electron chi connectivity index (χ1n) is 7.57. The van der Waals surface area contributed by atoms with Crippen LogP contribution in [0.25, 0.3) is 0 Å². The van der Waals surface area contributed by atoms with Crippen LogP contribution in [0.15, 0.2) is 93.4 Å². The van der Waals surface area contributed by atoms with Gasteiger partial charge in [0.05, 0.1) is 10.9 Å². The van der Waals surface area contributed by atoms with Crippen molar-refractivity contribution in [3.63, 3.8) is 0 Å². The van der Waals surface area contributed by atoms with Crippen LogP contribution in [0.5, 0.6) is 0 Å². The van der Waals surface area contributed by atoms with Crippen molar-refractivity contribution in [1.29, 1.82) is 0 Å². The number of aliphatic hydroxyl groups is 1. The molecule has 0 radical (unpaired) electrons. The molecule has 3 rings (SSSR count). The summed E-state index contributed by atoms with van der Waals surface area (Å²) >= 11 is 0. The molecule has 2 heteroatoms. The maximum Gasteiger partial charge on any atom is 0.161 e. The van der Waals surface area contributed by atoms with Crippen LogP contribution in [-0.2, 0) is 10.9 Å². The fraction of sp³-hybridized carbons (Fsp3) is 0.200. The molecule has 0 fully saturated rings. The van der Waals surface area contributed by atoms with Gasteiger partial charge < -0.3 is 5.11 Å². The van der Waals surface area contributed by atoms with Gasteiger partial charge in [-0.05, 0) is 55.3 Å². The van der Waals surface area contributed by atoms with Gasteiger partial charge in [0.1, 0.15) is 5.76 Å². The van der Waals surface area contributed by atoms with Gasteiger partial charge in [-0.15, -0.1) is 0 Å². The molecule has 2 aromatic rings. The lowest BCUT2D eigenvalue weighted by molar-refractivity contribution is 0.410. The maximum absolute atomic E-state index is 10.1. The summed E-state index contributed by atoms with van der Waals surface area (Å²) in [7, 11) is -0.0157. The fourth-order valence-electron chi connectivity index (χ4n) is 2.92. The highest BCUT2D eigenvalue weighted by Crippen LogP contribution is 2.35. The molecule has 1 aliphatic carbocycles. The van der Waals surface area contributed by atoms with E-state index in [2.05, 4.69) is 66.7 Å². The second kappa shape index (κ2) is 6.45. The molecule has 1 unspecified atom stereocenters. The quantitative estimate of drug-likeness (QED) is 0.765. The first kappa shape index (κ1) is 15.0. The highest BCUT2D eigenvalue weighted by Gasteiger charge is 2.36. The van der Waals surface area contributed by atoms with Gasteiger partial charge in [-0.25, -0.2) is 0 Å². The number of allylic oxidation sites excluding steroid dienone is 2. The van der Waals surface area contributed by atoms with Crippen LogP contribution in [0.2, 0.25) is 0 Å². The van der Waals surface area contributed by atoms with Crippen molar-refractivity contribution >= 4 is 10.9 Å². The van der Waals surface area contributed by atoms with Gasteiger partial charge >= 0.3 is 0 Å². The van der Waals surface area contributed by atoms with E-state index in [4.69, 9.17) is 0 Å². The molecule has 22 heavy (non-hydrogen) atoms. The molecule has 2 aromatic carbocycles. The highest BCUT2D eigenvalue weighted by molar-refractivity contribution is 7.97. The van der Waals surface area contributed by atoms with Gasteiger partial charge in [-0.3, -0.25) is 0 Å². The van der Waals surface area contributed by atoms with E-state index in [1.807, 2.05) is 13.8 Å². The molecule has 0 amide bonds. The normalized spacial score (nSPS) is 18.5. The van der Waals surface area contributed by atoms with Crippen LogP contribution in [0.1, 0.15) is 20.3 Å². The third kappa shape index (κ3) is 2.97. The van der Waals surface area contributed by atoms with E-state index in [0.717, 1.165) is 17.6 Å². The first-order valence-corrected chi connectivity index (χ1v) is 8.86. The minimum absolute atomic E-state index is 0.0157. The summed E-state index contributed by atoms with van der Waals surface area (Å²) < 4.78 is 0. The lowest BCUT2D eigenvalue weighted by atomic mass is 9.99. The zero-order chi connectivity index (χ0) is 15.5. The van der Waals surface area contributed by atoms with E-state index < -0.39 is 0 Å². The van der Waals surface area contributed by atoms with Gasteiger partial charge in [0.15, 0.2) is 15.0 Å². The van der Waals surface area contributed by atoms with Gasteiger partial charge in [-0.2, -0.15) is 0 Å². The Morgan fingerprint density at radius 1 is 0.864 bits per heavy atom. The highest BCUT2D eigenvalue weighted by atomic mass is 32.2. The molecule has 0 bridgehead atoms. The van der Waals surface area contributed by atoms with Gasteiger partial charge in [0.2, 0.25) is 0 Å². The summed E-state index contributed by atoms with van der Waals surface area (Å²) in [5.41, 5.74) is 2.09. The third-order valence-electron chi connectivity index (χ3n) is 4.02. The molecule has 112 valence electrons. The Morgan fingerprint density at radius 3 is 1.82 bits per heavy atom. The number of benzene rings is 2. The van der Waals surface area contributed by atoms with Gasteiger partial charge in [0.25, 0.3) is 0 Å². The summed E-state index contributed by atoms with van der Waals surface area (Å²) in [5, 5.41) is 10.5. The van der Waals surface area contributed by atoms with E-state index in [0.29, 0.717) is 11.0 Å². The van der Waals surface area contributed by atoms with Crippen LogP contribution < -0.4 is 0 Å². The van der Waals surface area contributed by atoms with Gasteiger partial charge in [0, 0.05) is 6.42 Å². The smallest absolute Gasteiger partial charge is 0.161 e. The van der Waals surface area contributed by atoms with Crippen LogP contribution in [0, 0.1) is 0 Å². The molecule has 1 N–H and O–H groups in total. The van der Waals surface area contributed by atoms with E-state index in [1.165, 1.54) is 9.79 Å². The third-order valence-corrected chi connectivity index (χ3v) is 6.49. The number of hydrogen-bond acceptors (Lipinski definition) is 1. The second-order valence-corrected chi connectivity index (χ2v) is 7.91. The summed E-state index contributed by atoms with van der Waals surface area (Å²) in [6.07, 6.45) is 3.15. The average molecular weight is 309 g/mol. The summed E-state index contributed by atoms with van der Waals surface area (Å²) in [4.78, 5) is 2.72. The molecule has 0 saturated carbocycles. The van der Waals surface area contributed by atoms with Crippen LogP contribution >= 0.6 is 0 Å². The Bertz CT molecular complexity index is 662. The Morgan fingerprint density at radius 2 is 1.36 bits per heavy atom. The summed E-state index contributed by atoms with van der Waals surface area (Å²) in [6.45, 7) is 4.04. The Kier molecular flexibility index (Phi) is 4.39. The molecule has 0 spiro atoms. The zero-order valence-electron chi connectivity index (χ0n) is 13.0. The fourth-order valence-corrected chi connectivity index (χ4v) is 5.55. The largest absolute Gasteiger partial charge is 0.508 e.